The van der Waals surface area contributed by atoms with Gasteiger partial charge in [0, 0.05) is 28.1 Å². The highest BCUT2D eigenvalue weighted by atomic mass is 35.5. The summed E-state index contributed by atoms with van der Waals surface area (Å²) in [6.45, 7) is 2.07. The van der Waals surface area contributed by atoms with Crippen LogP contribution in [0.1, 0.15) is 49.9 Å². The molecule has 4 saturated carbocycles. The maximum absolute atomic E-state index is 6.18. The van der Waals surface area contributed by atoms with Gasteiger partial charge in [-0.3, -0.25) is 0 Å². The molecule has 4 bridgehead atoms. The Morgan fingerprint density at radius 2 is 1.51 bits per heavy atom. The number of hydrogen-bond donors (Lipinski definition) is 0. The summed E-state index contributed by atoms with van der Waals surface area (Å²) in [5, 5.41) is 1.88. The molecule has 0 N–H and O–H groups in total. The van der Waals surface area contributed by atoms with Crippen LogP contribution in [0.2, 0.25) is 5.02 Å². The number of rotatable bonds is 5. The van der Waals surface area contributed by atoms with Crippen molar-refractivity contribution in [1.82, 2.24) is 19.5 Å². The number of para-hydroxylation sites is 2. The van der Waals surface area contributed by atoms with Crippen molar-refractivity contribution in [2.24, 2.45) is 17.8 Å². The molecule has 0 saturated heterocycles. The van der Waals surface area contributed by atoms with Crippen LogP contribution in [0, 0.1) is 24.7 Å². The van der Waals surface area contributed by atoms with Crippen LogP contribution in [0.4, 0.5) is 0 Å². The molecule has 6 heteroatoms. The first-order valence-electron chi connectivity index (χ1n) is 12.8. The minimum absolute atomic E-state index is 0.221. The summed E-state index contributed by atoms with van der Waals surface area (Å²) < 4.78 is 2.58. The Kier molecular flexibility index (Phi) is 5.22. The van der Waals surface area contributed by atoms with E-state index in [0.29, 0.717) is 0 Å². The van der Waals surface area contributed by atoms with Gasteiger partial charge in [0.2, 0.25) is 0 Å². The highest BCUT2D eigenvalue weighted by Crippen LogP contribution is 2.59. The van der Waals surface area contributed by atoms with Crippen LogP contribution >= 0.6 is 23.4 Å². The lowest BCUT2D eigenvalue weighted by atomic mass is 9.53. The predicted octanol–water partition coefficient (Wildman–Crippen LogP) is 7.67. The molecule has 8 rings (SSSR count). The SMILES string of the molecule is Cc1nc2ccccc2nc1CSc1nc(-c2ccc(Cl)cc2)cn1C12CC3CC(CC(C3)C1)C2. The number of benzene rings is 2. The van der Waals surface area contributed by atoms with E-state index in [1.807, 2.05) is 48.2 Å². The summed E-state index contributed by atoms with van der Waals surface area (Å²) in [7, 11) is 0. The standard InChI is InChI=1S/C29H29ClN4S/c1-18-27(32-25-5-3-2-4-24(25)31-18)17-35-28-33-26(22-6-8-23(30)9-7-22)16-34(28)29-13-19-10-20(14-29)12-21(11-19)15-29/h2-9,16,19-21H,10-15,17H2,1H3. The van der Waals surface area contributed by atoms with Crippen LogP contribution in [0.5, 0.6) is 0 Å². The fourth-order valence-electron chi connectivity index (χ4n) is 7.32. The topological polar surface area (TPSA) is 43.6 Å². The van der Waals surface area contributed by atoms with Crippen molar-refractivity contribution in [3.63, 3.8) is 0 Å². The van der Waals surface area contributed by atoms with E-state index in [2.05, 4.69) is 29.8 Å². The van der Waals surface area contributed by atoms with Crippen molar-refractivity contribution in [2.45, 2.75) is 61.9 Å². The maximum Gasteiger partial charge on any atom is 0.169 e. The molecular formula is C29H29ClN4S. The van der Waals surface area contributed by atoms with Crippen molar-refractivity contribution in [2.75, 3.05) is 0 Å². The number of aromatic nitrogens is 4. The van der Waals surface area contributed by atoms with Crippen LogP contribution in [0.15, 0.2) is 59.9 Å². The van der Waals surface area contributed by atoms with E-state index in [1.54, 1.807) is 0 Å². The molecule has 4 aliphatic rings. The fraction of sp³-hybridized carbons (Fsp3) is 0.414. The zero-order chi connectivity index (χ0) is 23.6. The van der Waals surface area contributed by atoms with Crippen molar-refractivity contribution in [3.05, 3.63) is 71.1 Å². The van der Waals surface area contributed by atoms with E-state index < -0.39 is 0 Å². The van der Waals surface area contributed by atoms with Gasteiger partial charge in [0.05, 0.1) is 28.1 Å². The first-order chi connectivity index (χ1) is 17.0. The molecule has 178 valence electrons. The van der Waals surface area contributed by atoms with Crippen LogP contribution in [0.3, 0.4) is 0 Å². The van der Waals surface area contributed by atoms with Gasteiger partial charge in [0.25, 0.3) is 0 Å². The Bertz CT molecular complexity index is 1370. The van der Waals surface area contributed by atoms with Crippen LogP contribution in [0.25, 0.3) is 22.3 Å². The minimum Gasteiger partial charge on any atom is -0.319 e. The molecule has 2 heterocycles. The molecule has 0 amide bonds. The summed E-state index contributed by atoms with van der Waals surface area (Å²) in [6, 6.07) is 16.2. The third kappa shape index (κ3) is 3.88. The lowest BCUT2D eigenvalue weighted by Crippen LogP contribution is -2.51. The van der Waals surface area contributed by atoms with Gasteiger partial charge >= 0.3 is 0 Å². The van der Waals surface area contributed by atoms with Gasteiger partial charge in [-0.2, -0.15) is 0 Å². The number of halogens is 1. The average molecular weight is 501 g/mol. The van der Waals surface area contributed by atoms with E-state index in [0.717, 1.165) is 67.4 Å². The molecule has 2 aromatic heterocycles. The van der Waals surface area contributed by atoms with Gasteiger partial charge in [0.1, 0.15) is 0 Å². The Balaban J connectivity index is 1.27. The molecule has 4 aromatic rings. The summed E-state index contributed by atoms with van der Waals surface area (Å²) in [4.78, 5) is 15.0. The highest BCUT2D eigenvalue weighted by molar-refractivity contribution is 7.98. The van der Waals surface area contributed by atoms with E-state index in [-0.39, 0.29) is 5.54 Å². The third-order valence-electron chi connectivity index (χ3n) is 8.51. The van der Waals surface area contributed by atoms with E-state index in [4.69, 9.17) is 26.6 Å². The van der Waals surface area contributed by atoms with Gasteiger partial charge < -0.3 is 4.57 Å². The summed E-state index contributed by atoms with van der Waals surface area (Å²) >= 11 is 7.99. The Morgan fingerprint density at radius 3 is 2.17 bits per heavy atom. The van der Waals surface area contributed by atoms with E-state index >= 15 is 0 Å². The van der Waals surface area contributed by atoms with Gasteiger partial charge in [-0.1, -0.05) is 47.6 Å². The molecule has 0 atom stereocenters. The van der Waals surface area contributed by atoms with Crippen LogP contribution in [-0.2, 0) is 11.3 Å². The Hall–Kier alpha value is -2.37. The Labute approximate surface area is 215 Å². The number of thioether (sulfide) groups is 1. The number of imidazole rings is 1. The van der Waals surface area contributed by atoms with Gasteiger partial charge in [-0.15, -0.1) is 0 Å². The molecule has 0 spiro atoms. The fourth-order valence-corrected chi connectivity index (χ4v) is 8.53. The van der Waals surface area contributed by atoms with Crippen molar-refractivity contribution >= 4 is 34.4 Å². The van der Waals surface area contributed by atoms with Crippen LogP contribution < -0.4 is 0 Å². The first kappa shape index (κ1) is 21.9. The minimum atomic E-state index is 0.221. The van der Waals surface area contributed by atoms with Crippen molar-refractivity contribution in [1.29, 1.82) is 0 Å². The largest absolute Gasteiger partial charge is 0.319 e. The smallest absolute Gasteiger partial charge is 0.169 e. The molecule has 2 aromatic carbocycles. The quantitative estimate of drug-likeness (QED) is 0.264. The second kappa shape index (κ2) is 8.35. The maximum atomic E-state index is 6.18. The molecule has 0 unspecified atom stereocenters. The number of aryl methyl sites for hydroxylation is 1. The van der Waals surface area contributed by atoms with Gasteiger partial charge in [-0.25, -0.2) is 15.0 Å². The molecule has 35 heavy (non-hydrogen) atoms. The Morgan fingerprint density at radius 1 is 0.886 bits per heavy atom. The van der Waals surface area contributed by atoms with E-state index in [9.17, 15) is 0 Å². The van der Waals surface area contributed by atoms with Crippen LogP contribution in [-0.4, -0.2) is 19.5 Å². The molecule has 4 aliphatic carbocycles. The molecular weight excluding hydrogens is 472 g/mol. The molecule has 0 aliphatic heterocycles. The van der Waals surface area contributed by atoms with Crippen molar-refractivity contribution < 1.29 is 0 Å². The number of nitrogens with zero attached hydrogens (tertiary/aromatic N) is 4. The third-order valence-corrected chi connectivity index (χ3v) is 9.73. The molecule has 0 radical (unpaired) electrons. The van der Waals surface area contributed by atoms with E-state index in [1.165, 1.54) is 38.5 Å². The predicted molar refractivity (Wildman–Crippen MR) is 143 cm³/mol. The summed E-state index contributed by atoms with van der Waals surface area (Å²) in [6.07, 6.45) is 10.6. The monoisotopic (exact) mass is 500 g/mol. The lowest BCUT2D eigenvalue weighted by Gasteiger charge is -2.57. The van der Waals surface area contributed by atoms with Gasteiger partial charge in [-0.05, 0) is 87.5 Å². The van der Waals surface area contributed by atoms with Gasteiger partial charge in [0.15, 0.2) is 5.16 Å². The summed E-state index contributed by atoms with van der Waals surface area (Å²) in [5.41, 5.74) is 6.35. The number of hydrogen-bond acceptors (Lipinski definition) is 4. The normalized spacial score (nSPS) is 27.1. The first-order valence-corrected chi connectivity index (χ1v) is 14.1. The lowest BCUT2D eigenvalue weighted by molar-refractivity contribution is -0.0473. The summed E-state index contributed by atoms with van der Waals surface area (Å²) in [5.74, 6) is 3.42. The zero-order valence-electron chi connectivity index (χ0n) is 20.0. The second-order valence-corrected chi connectivity index (χ2v) is 12.3. The van der Waals surface area contributed by atoms with Crippen molar-refractivity contribution in [3.8, 4) is 11.3 Å². The second-order valence-electron chi connectivity index (χ2n) is 11.0. The average Bonchev–Trinajstić information content (AvgIpc) is 3.27. The number of fused-ring (bicyclic) bond motifs is 1. The highest BCUT2D eigenvalue weighted by Gasteiger charge is 2.52. The molecule has 4 fully saturated rings. The molecule has 4 nitrogen and oxygen atoms in total. The zero-order valence-corrected chi connectivity index (χ0v) is 21.5.